The third-order valence-corrected chi connectivity index (χ3v) is 6.50. The molecule has 0 unspecified atom stereocenters. The summed E-state index contributed by atoms with van der Waals surface area (Å²) in [6, 6.07) is 3.10. The highest BCUT2D eigenvalue weighted by Crippen LogP contribution is 2.24. The van der Waals surface area contributed by atoms with E-state index in [2.05, 4.69) is 4.90 Å². The predicted octanol–water partition coefficient (Wildman–Crippen LogP) is 1.84. The zero-order valence-electron chi connectivity index (χ0n) is 13.5. The van der Waals surface area contributed by atoms with Crippen molar-refractivity contribution in [2.75, 3.05) is 39.3 Å². The van der Waals surface area contributed by atoms with Crippen LogP contribution < -0.4 is 0 Å². The zero-order chi connectivity index (χ0) is 17.2. The van der Waals surface area contributed by atoms with Crippen LogP contribution in [0.2, 0.25) is 0 Å². The van der Waals surface area contributed by atoms with E-state index < -0.39 is 26.6 Å². The Kier molecular flexibility index (Phi) is 5.49. The maximum absolute atomic E-state index is 13.9. The van der Waals surface area contributed by atoms with Gasteiger partial charge >= 0.3 is 0 Å². The molecule has 2 aliphatic heterocycles. The van der Waals surface area contributed by atoms with Crippen molar-refractivity contribution in [1.82, 2.24) is 9.21 Å². The smallest absolute Gasteiger partial charge is 0.248 e. The average molecular weight is 360 g/mol. The lowest BCUT2D eigenvalue weighted by atomic mass is 10.2. The first-order valence-electron chi connectivity index (χ1n) is 8.26. The van der Waals surface area contributed by atoms with Crippen LogP contribution >= 0.6 is 0 Å². The van der Waals surface area contributed by atoms with Crippen LogP contribution in [0.4, 0.5) is 8.78 Å². The Bertz CT molecular complexity index is 658. The molecule has 24 heavy (non-hydrogen) atoms. The zero-order valence-corrected chi connectivity index (χ0v) is 14.3. The van der Waals surface area contributed by atoms with Gasteiger partial charge in [-0.05, 0) is 37.9 Å². The van der Waals surface area contributed by atoms with E-state index in [1.807, 2.05) is 0 Å². The first kappa shape index (κ1) is 17.7. The number of sulfonamides is 1. The summed E-state index contributed by atoms with van der Waals surface area (Å²) in [6.07, 6.45) is 2.92. The van der Waals surface area contributed by atoms with E-state index >= 15 is 0 Å². The second kappa shape index (κ2) is 7.43. The second-order valence-corrected chi connectivity index (χ2v) is 8.12. The molecule has 2 heterocycles. The normalized spacial score (nSPS) is 24.2. The van der Waals surface area contributed by atoms with Gasteiger partial charge in [0.2, 0.25) is 10.0 Å². The molecule has 0 aliphatic carbocycles. The summed E-state index contributed by atoms with van der Waals surface area (Å²) in [6.45, 7) is 3.34. The second-order valence-electron chi connectivity index (χ2n) is 6.24. The molecule has 5 nitrogen and oxygen atoms in total. The summed E-state index contributed by atoms with van der Waals surface area (Å²) in [5.41, 5.74) is 0. The fourth-order valence-corrected chi connectivity index (χ4v) is 4.88. The van der Waals surface area contributed by atoms with Crippen LogP contribution in [-0.2, 0) is 14.8 Å². The molecule has 0 aromatic heterocycles. The van der Waals surface area contributed by atoms with Crippen molar-refractivity contribution in [1.29, 1.82) is 0 Å². The molecule has 134 valence electrons. The molecule has 0 N–H and O–H groups in total. The number of benzene rings is 1. The van der Waals surface area contributed by atoms with Crippen LogP contribution in [0, 0.1) is 11.6 Å². The first-order chi connectivity index (χ1) is 11.5. The Morgan fingerprint density at radius 1 is 1.08 bits per heavy atom. The van der Waals surface area contributed by atoms with Crippen molar-refractivity contribution in [3.05, 3.63) is 29.8 Å². The van der Waals surface area contributed by atoms with Crippen LogP contribution in [-0.4, -0.2) is 63.1 Å². The molecule has 2 fully saturated rings. The van der Waals surface area contributed by atoms with Gasteiger partial charge in [-0.1, -0.05) is 6.07 Å². The molecule has 1 aromatic rings. The maximum Gasteiger partial charge on any atom is 0.248 e. The minimum atomic E-state index is -4.17. The number of ether oxygens (including phenoxy) is 1. The van der Waals surface area contributed by atoms with Crippen LogP contribution in [0.1, 0.15) is 19.3 Å². The Morgan fingerprint density at radius 2 is 1.83 bits per heavy atom. The lowest BCUT2D eigenvalue weighted by molar-refractivity contribution is 0.0749. The Hall–Kier alpha value is -1.09. The third kappa shape index (κ3) is 3.77. The lowest BCUT2D eigenvalue weighted by Crippen LogP contribution is -2.38. The van der Waals surface area contributed by atoms with Gasteiger partial charge in [-0.15, -0.1) is 0 Å². The summed E-state index contributed by atoms with van der Waals surface area (Å²) in [5.74, 6) is -2.09. The highest BCUT2D eigenvalue weighted by atomic mass is 32.2. The number of hydrogen-bond donors (Lipinski definition) is 0. The third-order valence-electron chi connectivity index (χ3n) is 4.55. The largest absolute Gasteiger partial charge is 0.377 e. The minimum Gasteiger partial charge on any atom is -0.377 e. The summed E-state index contributed by atoms with van der Waals surface area (Å²) in [5, 5.41) is 0. The van der Waals surface area contributed by atoms with E-state index in [0.29, 0.717) is 13.0 Å². The van der Waals surface area contributed by atoms with Crippen molar-refractivity contribution in [3.8, 4) is 0 Å². The van der Waals surface area contributed by atoms with Crippen LogP contribution in [0.25, 0.3) is 0 Å². The molecule has 1 atom stereocenters. The van der Waals surface area contributed by atoms with Gasteiger partial charge in [0.25, 0.3) is 0 Å². The number of nitrogens with zero attached hydrogens (tertiary/aromatic N) is 2. The van der Waals surface area contributed by atoms with E-state index in [9.17, 15) is 17.2 Å². The highest BCUT2D eigenvalue weighted by Gasteiger charge is 2.32. The fourth-order valence-electron chi connectivity index (χ4n) is 3.30. The standard InChI is InChI=1S/C16H22F2N2O3S/c17-14-5-1-6-15(18)16(14)24(21,22)20-8-3-7-19(9-10-20)12-13-4-2-11-23-13/h1,5-6,13H,2-4,7-12H2/t13-/m0/s1. The SMILES string of the molecule is O=S(=O)(c1c(F)cccc1F)N1CCCN(C[C@@H]2CCCO2)CC1. The van der Waals surface area contributed by atoms with E-state index in [4.69, 9.17) is 4.74 Å². The first-order valence-corrected chi connectivity index (χ1v) is 9.70. The monoisotopic (exact) mass is 360 g/mol. The quantitative estimate of drug-likeness (QED) is 0.822. The number of rotatable bonds is 4. The van der Waals surface area contributed by atoms with E-state index in [1.54, 1.807) is 0 Å². The molecule has 0 amide bonds. The van der Waals surface area contributed by atoms with Crippen LogP contribution in [0.15, 0.2) is 23.1 Å². The molecule has 8 heteroatoms. The maximum atomic E-state index is 13.9. The van der Waals surface area contributed by atoms with Gasteiger partial charge in [0.05, 0.1) is 6.10 Å². The molecule has 0 spiro atoms. The van der Waals surface area contributed by atoms with Crippen LogP contribution in [0.5, 0.6) is 0 Å². The fraction of sp³-hybridized carbons (Fsp3) is 0.625. The van der Waals surface area contributed by atoms with Gasteiger partial charge in [-0.3, -0.25) is 4.90 Å². The van der Waals surface area contributed by atoms with Crippen molar-refractivity contribution >= 4 is 10.0 Å². The van der Waals surface area contributed by atoms with Gasteiger partial charge in [-0.25, -0.2) is 17.2 Å². The van der Waals surface area contributed by atoms with Crippen LogP contribution in [0.3, 0.4) is 0 Å². The molecular weight excluding hydrogens is 338 g/mol. The molecule has 2 saturated heterocycles. The van der Waals surface area contributed by atoms with Gasteiger partial charge < -0.3 is 4.74 Å². The van der Waals surface area contributed by atoms with Crippen molar-refractivity contribution in [3.63, 3.8) is 0 Å². The molecule has 2 aliphatic rings. The summed E-state index contributed by atoms with van der Waals surface area (Å²) < 4.78 is 59.8. The highest BCUT2D eigenvalue weighted by molar-refractivity contribution is 7.89. The molecule has 1 aromatic carbocycles. The lowest BCUT2D eigenvalue weighted by Gasteiger charge is -2.24. The average Bonchev–Trinajstić information content (AvgIpc) is 2.90. The Labute approximate surface area is 141 Å². The van der Waals surface area contributed by atoms with Gasteiger partial charge in [0.15, 0.2) is 4.90 Å². The minimum absolute atomic E-state index is 0.206. The van der Waals surface area contributed by atoms with E-state index in [-0.39, 0.29) is 19.2 Å². The van der Waals surface area contributed by atoms with Crippen molar-refractivity contribution in [2.24, 2.45) is 0 Å². The van der Waals surface area contributed by atoms with Crippen molar-refractivity contribution < 1.29 is 21.9 Å². The number of hydrogen-bond acceptors (Lipinski definition) is 4. The molecular formula is C16H22F2N2O3S. The summed E-state index contributed by atoms with van der Waals surface area (Å²) in [7, 11) is -4.17. The molecule has 0 saturated carbocycles. The van der Waals surface area contributed by atoms with Gasteiger partial charge in [-0.2, -0.15) is 4.31 Å². The Morgan fingerprint density at radius 3 is 2.50 bits per heavy atom. The summed E-state index contributed by atoms with van der Waals surface area (Å²) in [4.78, 5) is 1.32. The topological polar surface area (TPSA) is 49.9 Å². The predicted molar refractivity (Wildman–Crippen MR) is 85.1 cm³/mol. The Balaban J connectivity index is 1.70. The summed E-state index contributed by atoms with van der Waals surface area (Å²) >= 11 is 0. The van der Waals surface area contributed by atoms with E-state index in [1.165, 1.54) is 4.31 Å². The van der Waals surface area contributed by atoms with Gasteiger partial charge in [0, 0.05) is 32.8 Å². The number of halogens is 2. The van der Waals surface area contributed by atoms with Crippen molar-refractivity contribution in [2.45, 2.75) is 30.3 Å². The molecule has 3 rings (SSSR count). The molecule has 0 bridgehead atoms. The van der Waals surface area contributed by atoms with Gasteiger partial charge in [0.1, 0.15) is 11.6 Å². The van der Waals surface area contributed by atoms with E-state index in [0.717, 1.165) is 50.7 Å². The molecule has 0 radical (unpaired) electrons.